The van der Waals surface area contributed by atoms with Crippen molar-refractivity contribution in [2.75, 3.05) is 13.6 Å². The molecular formula is C18H20N2. The topological polar surface area (TPSA) is 16.1 Å². The van der Waals surface area contributed by atoms with E-state index in [-0.39, 0.29) is 0 Å². The molecule has 2 heteroatoms. The number of hydrogen-bond acceptors (Lipinski definition) is 2. The van der Waals surface area contributed by atoms with Gasteiger partial charge in [0.15, 0.2) is 0 Å². The molecule has 2 heterocycles. The van der Waals surface area contributed by atoms with Gasteiger partial charge in [-0.25, -0.2) is 0 Å². The quantitative estimate of drug-likeness (QED) is 0.832. The molecule has 1 unspecified atom stereocenters. The minimum Gasteiger partial charge on any atom is -0.299 e. The highest BCUT2D eigenvalue weighted by atomic mass is 15.1. The normalized spacial score (nSPS) is 19.8. The monoisotopic (exact) mass is 264 g/mol. The summed E-state index contributed by atoms with van der Waals surface area (Å²) in [6, 6.07) is 13.2. The molecule has 1 fully saturated rings. The first kappa shape index (κ1) is 13.1. The van der Waals surface area contributed by atoms with Crippen LogP contribution in [0.5, 0.6) is 0 Å². The summed E-state index contributed by atoms with van der Waals surface area (Å²) in [7, 11) is 2.20. The summed E-state index contributed by atoms with van der Waals surface area (Å²) >= 11 is 0. The molecule has 1 atom stereocenters. The van der Waals surface area contributed by atoms with Crippen molar-refractivity contribution in [1.29, 1.82) is 0 Å². The molecule has 1 aliphatic rings. The van der Waals surface area contributed by atoms with E-state index in [2.05, 4.69) is 59.4 Å². The van der Waals surface area contributed by atoms with Gasteiger partial charge in [0.05, 0.1) is 0 Å². The molecule has 0 amide bonds. The fourth-order valence-electron chi connectivity index (χ4n) is 2.84. The van der Waals surface area contributed by atoms with E-state index < -0.39 is 0 Å². The summed E-state index contributed by atoms with van der Waals surface area (Å²) in [5.74, 6) is 0. The van der Waals surface area contributed by atoms with Crippen LogP contribution >= 0.6 is 0 Å². The van der Waals surface area contributed by atoms with Crippen molar-refractivity contribution < 1.29 is 0 Å². The van der Waals surface area contributed by atoms with Crippen molar-refractivity contribution in [3.8, 4) is 0 Å². The number of pyridine rings is 1. The molecule has 1 aromatic carbocycles. The van der Waals surface area contributed by atoms with Gasteiger partial charge in [0, 0.05) is 18.4 Å². The molecule has 2 aromatic rings. The standard InChI is InChI=1S/C18H20N2/c1-20-11-5-8-18(20)17-12-16(13-19-14-17)10-9-15-6-3-2-4-7-15/h2-4,6-7,9-10,12-14,18H,5,8,11H2,1H3. The smallest absolute Gasteiger partial charge is 0.0361 e. The molecule has 0 radical (unpaired) electrons. The molecule has 0 spiro atoms. The number of nitrogens with zero attached hydrogens (tertiary/aromatic N) is 2. The number of aromatic nitrogens is 1. The molecule has 20 heavy (non-hydrogen) atoms. The Bertz CT molecular complexity index is 589. The Hall–Kier alpha value is -1.93. The van der Waals surface area contributed by atoms with Crippen LogP contribution < -0.4 is 0 Å². The van der Waals surface area contributed by atoms with E-state index in [1.165, 1.54) is 36.1 Å². The molecule has 2 nitrogen and oxygen atoms in total. The zero-order valence-corrected chi connectivity index (χ0v) is 11.9. The number of likely N-dealkylation sites (tertiary alicyclic amines) is 1. The predicted molar refractivity (Wildman–Crippen MR) is 84.2 cm³/mol. The van der Waals surface area contributed by atoms with Gasteiger partial charge in [-0.15, -0.1) is 0 Å². The van der Waals surface area contributed by atoms with Crippen LogP contribution in [0.2, 0.25) is 0 Å². The lowest BCUT2D eigenvalue weighted by atomic mass is 10.0. The van der Waals surface area contributed by atoms with Crippen molar-refractivity contribution >= 4 is 12.2 Å². The summed E-state index contributed by atoms with van der Waals surface area (Å²) in [6.07, 6.45) is 10.7. The van der Waals surface area contributed by atoms with Gasteiger partial charge in [0.1, 0.15) is 0 Å². The molecule has 1 aliphatic heterocycles. The first-order valence-corrected chi connectivity index (χ1v) is 7.21. The number of hydrogen-bond donors (Lipinski definition) is 0. The van der Waals surface area contributed by atoms with Gasteiger partial charge < -0.3 is 0 Å². The second-order valence-electron chi connectivity index (χ2n) is 5.43. The SMILES string of the molecule is CN1CCCC1c1cncc(C=Cc2ccccc2)c1. The maximum absolute atomic E-state index is 4.40. The zero-order chi connectivity index (χ0) is 13.8. The predicted octanol–water partition coefficient (Wildman–Crippen LogP) is 4.02. The Balaban J connectivity index is 1.79. The maximum Gasteiger partial charge on any atom is 0.0361 e. The van der Waals surface area contributed by atoms with Crippen LogP contribution in [-0.2, 0) is 0 Å². The molecule has 1 aromatic heterocycles. The van der Waals surface area contributed by atoms with Crippen molar-refractivity contribution in [3.05, 3.63) is 65.5 Å². The first-order valence-electron chi connectivity index (χ1n) is 7.21. The van der Waals surface area contributed by atoms with Gasteiger partial charge in [-0.1, -0.05) is 42.5 Å². The third kappa shape index (κ3) is 2.97. The van der Waals surface area contributed by atoms with Crippen molar-refractivity contribution in [1.82, 2.24) is 9.88 Å². The van der Waals surface area contributed by atoms with Crippen LogP contribution in [-0.4, -0.2) is 23.5 Å². The lowest BCUT2D eigenvalue weighted by Crippen LogP contribution is -2.17. The van der Waals surface area contributed by atoms with E-state index >= 15 is 0 Å². The van der Waals surface area contributed by atoms with E-state index in [0.29, 0.717) is 6.04 Å². The molecule has 0 N–H and O–H groups in total. The van der Waals surface area contributed by atoms with Crippen molar-refractivity contribution in [2.45, 2.75) is 18.9 Å². The summed E-state index contributed by atoms with van der Waals surface area (Å²) in [5.41, 5.74) is 3.72. The third-order valence-electron chi connectivity index (χ3n) is 3.95. The average molecular weight is 264 g/mol. The van der Waals surface area contributed by atoms with E-state index in [9.17, 15) is 0 Å². The maximum atomic E-state index is 4.40. The Morgan fingerprint density at radius 1 is 1.10 bits per heavy atom. The zero-order valence-electron chi connectivity index (χ0n) is 11.9. The Morgan fingerprint density at radius 2 is 1.90 bits per heavy atom. The van der Waals surface area contributed by atoms with Gasteiger partial charge in [-0.05, 0) is 49.2 Å². The molecule has 102 valence electrons. The molecule has 3 rings (SSSR count). The van der Waals surface area contributed by atoms with Crippen molar-refractivity contribution in [3.63, 3.8) is 0 Å². The molecule has 0 bridgehead atoms. The highest BCUT2D eigenvalue weighted by Gasteiger charge is 2.22. The summed E-state index contributed by atoms with van der Waals surface area (Å²) in [6.45, 7) is 1.19. The van der Waals surface area contributed by atoms with Crippen LogP contribution in [0.15, 0.2) is 48.8 Å². The molecular weight excluding hydrogens is 244 g/mol. The lowest BCUT2D eigenvalue weighted by Gasteiger charge is -2.19. The van der Waals surface area contributed by atoms with Crippen LogP contribution in [0.4, 0.5) is 0 Å². The molecule has 0 saturated carbocycles. The Morgan fingerprint density at radius 3 is 2.65 bits per heavy atom. The summed E-state index contributed by atoms with van der Waals surface area (Å²) in [5, 5.41) is 0. The highest BCUT2D eigenvalue weighted by Crippen LogP contribution is 2.30. The highest BCUT2D eigenvalue weighted by molar-refractivity contribution is 5.69. The van der Waals surface area contributed by atoms with Crippen LogP contribution in [0.3, 0.4) is 0 Å². The minimum absolute atomic E-state index is 0.535. The van der Waals surface area contributed by atoms with Gasteiger partial charge in [0.2, 0.25) is 0 Å². The lowest BCUT2D eigenvalue weighted by molar-refractivity contribution is 0.317. The third-order valence-corrected chi connectivity index (χ3v) is 3.95. The van der Waals surface area contributed by atoms with Gasteiger partial charge in [-0.2, -0.15) is 0 Å². The average Bonchev–Trinajstić information content (AvgIpc) is 2.93. The van der Waals surface area contributed by atoms with E-state index in [0.717, 1.165) is 0 Å². The van der Waals surface area contributed by atoms with E-state index in [1.54, 1.807) is 0 Å². The second kappa shape index (κ2) is 6.02. The molecule has 1 saturated heterocycles. The molecule has 0 aliphatic carbocycles. The summed E-state index contributed by atoms with van der Waals surface area (Å²) in [4.78, 5) is 6.82. The van der Waals surface area contributed by atoms with Gasteiger partial charge in [0.25, 0.3) is 0 Å². The first-order chi connectivity index (χ1) is 9.83. The largest absolute Gasteiger partial charge is 0.299 e. The van der Waals surface area contributed by atoms with Gasteiger partial charge >= 0.3 is 0 Å². The number of rotatable bonds is 3. The number of benzene rings is 1. The van der Waals surface area contributed by atoms with Crippen LogP contribution in [0, 0.1) is 0 Å². The Kier molecular flexibility index (Phi) is 3.93. The van der Waals surface area contributed by atoms with Crippen molar-refractivity contribution in [2.24, 2.45) is 0 Å². The van der Waals surface area contributed by atoms with E-state index in [4.69, 9.17) is 0 Å². The van der Waals surface area contributed by atoms with Gasteiger partial charge in [-0.3, -0.25) is 9.88 Å². The minimum atomic E-state index is 0.535. The Labute approximate surface area is 120 Å². The fraction of sp³-hybridized carbons (Fsp3) is 0.278. The second-order valence-corrected chi connectivity index (χ2v) is 5.43. The van der Waals surface area contributed by atoms with Crippen LogP contribution in [0.1, 0.15) is 35.6 Å². The van der Waals surface area contributed by atoms with Crippen LogP contribution in [0.25, 0.3) is 12.2 Å². The van der Waals surface area contributed by atoms with E-state index in [1.807, 2.05) is 18.5 Å². The summed E-state index contributed by atoms with van der Waals surface area (Å²) < 4.78 is 0. The fourth-order valence-corrected chi connectivity index (χ4v) is 2.84.